The molecule has 6 nitrogen and oxygen atoms in total. The van der Waals surface area contributed by atoms with Gasteiger partial charge in [0.1, 0.15) is 0 Å². The van der Waals surface area contributed by atoms with Crippen LogP contribution < -0.4 is 16.0 Å². The molecule has 1 aromatic rings. The van der Waals surface area contributed by atoms with Crippen molar-refractivity contribution in [1.82, 2.24) is 5.32 Å². The molecule has 1 aromatic carbocycles. The van der Waals surface area contributed by atoms with E-state index in [0.717, 1.165) is 12.1 Å². The molecule has 0 aliphatic heterocycles. The molecule has 0 aromatic heterocycles. The second-order valence-corrected chi connectivity index (χ2v) is 5.01. The van der Waals surface area contributed by atoms with Gasteiger partial charge in [0.15, 0.2) is 6.10 Å². The molecule has 3 N–H and O–H groups in total. The van der Waals surface area contributed by atoms with Crippen molar-refractivity contribution in [3.8, 4) is 0 Å². The Morgan fingerprint density at radius 1 is 1.38 bits per heavy atom. The molecule has 1 atom stereocenters. The van der Waals surface area contributed by atoms with Gasteiger partial charge in [-0.1, -0.05) is 6.92 Å². The van der Waals surface area contributed by atoms with Crippen LogP contribution in [-0.4, -0.2) is 38.6 Å². The minimum atomic E-state index is -0.834. The number of benzene rings is 1. The highest BCUT2D eigenvalue weighted by molar-refractivity contribution is 5.94. The lowest BCUT2D eigenvalue weighted by molar-refractivity contribution is -0.129. The molecule has 0 saturated heterocycles. The lowest BCUT2D eigenvalue weighted by Gasteiger charge is -2.17. The Balaban J connectivity index is 2.71. The molecule has 0 heterocycles. The lowest BCUT2D eigenvalue weighted by Crippen LogP contribution is -2.36. The first-order chi connectivity index (χ1) is 9.86. The third-order valence-electron chi connectivity index (χ3n) is 2.95. The fourth-order valence-corrected chi connectivity index (χ4v) is 1.76. The second kappa shape index (κ2) is 7.52. The quantitative estimate of drug-likeness (QED) is 0.612. The van der Waals surface area contributed by atoms with E-state index in [-0.39, 0.29) is 5.91 Å². The summed E-state index contributed by atoms with van der Waals surface area (Å²) >= 11 is 0. The third-order valence-corrected chi connectivity index (χ3v) is 2.95. The first kappa shape index (κ1) is 16.8. The van der Waals surface area contributed by atoms with Gasteiger partial charge in [0.05, 0.1) is 16.9 Å². The maximum Gasteiger partial charge on any atom is 0.338 e. The SMILES string of the molecule is CCCNC(=O)C(C)OC(=O)c1ccc(N(C)C)c(N)c1. The number of hydrogen-bond acceptors (Lipinski definition) is 5. The van der Waals surface area contributed by atoms with E-state index in [1.165, 1.54) is 0 Å². The molecule has 0 aliphatic carbocycles. The number of carbonyl (C=O) groups excluding carboxylic acids is 2. The number of carbonyl (C=O) groups is 2. The Morgan fingerprint density at radius 3 is 2.57 bits per heavy atom. The number of nitrogens with one attached hydrogen (secondary N) is 1. The highest BCUT2D eigenvalue weighted by atomic mass is 16.5. The minimum Gasteiger partial charge on any atom is -0.449 e. The van der Waals surface area contributed by atoms with Crippen LogP contribution in [0, 0.1) is 0 Å². The van der Waals surface area contributed by atoms with E-state index in [1.54, 1.807) is 25.1 Å². The standard InChI is InChI=1S/C15H23N3O3/c1-5-8-17-14(19)10(2)21-15(20)11-6-7-13(18(3)4)12(16)9-11/h6-7,9-10H,5,8,16H2,1-4H3,(H,17,19). The van der Waals surface area contributed by atoms with E-state index in [9.17, 15) is 9.59 Å². The number of esters is 1. The molecule has 0 radical (unpaired) electrons. The van der Waals surface area contributed by atoms with Gasteiger partial charge in [0, 0.05) is 20.6 Å². The molecule has 0 fully saturated rings. The Labute approximate surface area is 125 Å². The molecule has 0 bridgehead atoms. The van der Waals surface area contributed by atoms with Gasteiger partial charge in [-0.2, -0.15) is 0 Å². The summed E-state index contributed by atoms with van der Waals surface area (Å²) in [6.07, 6.45) is -0.00613. The van der Waals surface area contributed by atoms with Crippen molar-refractivity contribution in [1.29, 1.82) is 0 Å². The monoisotopic (exact) mass is 293 g/mol. The van der Waals surface area contributed by atoms with Gasteiger partial charge in [0.2, 0.25) is 0 Å². The van der Waals surface area contributed by atoms with Gasteiger partial charge < -0.3 is 20.7 Å². The second-order valence-electron chi connectivity index (χ2n) is 5.01. The largest absolute Gasteiger partial charge is 0.449 e. The summed E-state index contributed by atoms with van der Waals surface area (Å²) in [4.78, 5) is 25.5. The van der Waals surface area contributed by atoms with Crippen molar-refractivity contribution in [2.75, 3.05) is 31.3 Å². The first-order valence-corrected chi connectivity index (χ1v) is 6.92. The van der Waals surface area contributed by atoms with Crippen molar-refractivity contribution in [2.24, 2.45) is 0 Å². The Morgan fingerprint density at radius 2 is 2.05 bits per heavy atom. The predicted octanol–water partition coefficient (Wildman–Crippen LogP) is 1.41. The van der Waals surface area contributed by atoms with Crippen molar-refractivity contribution >= 4 is 23.3 Å². The van der Waals surface area contributed by atoms with E-state index < -0.39 is 12.1 Å². The molecular weight excluding hydrogens is 270 g/mol. The summed E-state index contributed by atoms with van der Waals surface area (Å²) in [5.74, 6) is -0.866. The summed E-state index contributed by atoms with van der Waals surface area (Å²) < 4.78 is 5.13. The molecule has 1 rings (SSSR count). The van der Waals surface area contributed by atoms with Gasteiger partial charge in [-0.15, -0.1) is 0 Å². The zero-order valence-electron chi connectivity index (χ0n) is 13.0. The van der Waals surface area contributed by atoms with Crippen LogP contribution in [0.3, 0.4) is 0 Å². The number of hydrogen-bond donors (Lipinski definition) is 2. The number of anilines is 2. The smallest absolute Gasteiger partial charge is 0.338 e. The predicted molar refractivity (Wildman–Crippen MR) is 83.4 cm³/mol. The molecule has 21 heavy (non-hydrogen) atoms. The summed E-state index contributed by atoms with van der Waals surface area (Å²) in [6, 6.07) is 4.92. The van der Waals surface area contributed by atoms with E-state index in [1.807, 2.05) is 25.9 Å². The number of nitrogen functional groups attached to an aromatic ring is 1. The molecule has 6 heteroatoms. The van der Waals surface area contributed by atoms with Crippen LogP contribution in [0.5, 0.6) is 0 Å². The Bertz CT molecular complexity index is 515. The molecule has 116 valence electrons. The minimum absolute atomic E-state index is 0.303. The first-order valence-electron chi connectivity index (χ1n) is 6.92. The van der Waals surface area contributed by atoms with Crippen LogP contribution >= 0.6 is 0 Å². The fourth-order valence-electron chi connectivity index (χ4n) is 1.76. The normalized spacial score (nSPS) is 11.6. The Kier molecular flexibility index (Phi) is 6.02. The van der Waals surface area contributed by atoms with Crippen LogP contribution in [-0.2, 0) is 9.53 Å². The highest BCUT2D eigenvalue weighted by Gasteiger charge is 2.19. The number of nitrogens with zero attached hydrogens (tertiary/aromatic N) is 1. The number of nitrogens with two attached hydrogens (primary N) is 1. The van der Waals surface area contributed by atoms with Crippen LogP contribution in [0.2, 0.25) is 0 Å². The molecule has 0 saturated carbocycles. The van der Waals surface area contributed by atoms with Crippen molar-refractivity contribution in [2.45, 2.75) is 26.4 Å². The summed E-state index contributed by atoms with van der Waals surface area (Å²) in [6.45, 7) is 4.05. The van der Waals surface area contributed by atoms with Crippen molar-refractivity contribution in [3.63, 3.8) is 0 Å². The molecule has 0 aliphatic rings. The lowest BCUT2D eigenvalue weighted by atomic mass is 10.1. The van der Waals surface area contributed by atoms with E-state index in [4.69, 9.17) is 10.5 Å². The number of rotatable bonds is 6. The molecule has 0 spiro atoms. The average molecular weight is 293 g/mol. The summed E-state index contributed by atoms with van der Waals surface area (Å²) in [5.41, 5.74) is 7.52. The van der Waals surface area contributed by atoms with Gasteiger partial charge in [-0.25, -0.2) is 4.79 Å². The van der Waals surface area contributed by atoms with Crippen LogP contribution in [0.25, 0.3) is 0 Å². The van der Waals surface area contributed by atoms with Crippen molar-refractivity contribution < 1.29 is 14.3 Å². The van der Waals surface area contributed by atoms with E-state index >= 15 is 0 Å². The fraction of sp³-hybridized carbons (Fsp3) is 0.467. The van der Waals surface area contributed by atoms with Crippen molar-refractivity contribution in [3.05, 3.63) is 23.8 Å². The molecular formula is C15H23N3O3. The average Bonchev–Trinajstić information content (AvgIpc) is 2.43. The molecule has 1 unspecified atom stereocenters. The Hall–Kier alpha value is -2.24. The number of ether oxygens (including phenoxy) is 1. The van der Waals surface area contributed by atoms with Gasteiger partial charge in [0.25, 0.3) is 5.91 Å². The zero-order chi connectivity index (χ0) is 16.0. The summed E-state index contributed by atoms with van der Waals surface area (Å²) in [7, 11) is 3.73. The maximum atomic E-state index is 12.0. The van der Waals surface area contributed by atoms with Crippen LogP contribution in [0.15, 0.2) is 18.2 Å². The van der Waals surface area contributed by atoms with E-state index in [2.05, 4.69) is 5.32 Å². The van der Waals surface area contributed by atoms with Gasteiger partial charge in [-0.3, -0.25) is 4.79 Å². The van der Waals surface area contributed by atoms with Crippen LogP contribution in [0.4, 0.5) is 11.4 Å². The van der Waals surface area contributed by atoms with E-state index in [0.29, 0.717) is 17.8 Å². The van der Waals surface area contributed by atoms with Gasteiger partial charge >= 0.3 is 5.97 Å². The topological polar surface area (TPSA) is 84.7 Å². The maximum absolute atomic E-state index is 12.0. The summed E-state index contributed by atoms with van der Waals surface area (Å²) in [5, 5.41) is 2.68. The number of amides is 1. The third kappa shape index (κ3) is 4.66. The highest BCUT2D eigenvalue weighted by Crippen LogP contribution is 2.22. The van der Waals surface area contributed by atoms with Gasteiger partial charge in [-0.05, 0) is 31.5 Å². The van der Waals surface area contributed by atoms with Crippen LogP contribution in [0.1, 0.15) is 30.6 Å². The zero-order valence-corrected chi connectivity index (χ0v) is 13.0. The molecule has 1 amide bonds.